The van der Waals surface area contributed by atoms with Crippen LogP contribution in [-0.2, 0) is 36.2 Å². The van der Waals surface area contributed by atoms with Crippen molar-refractivity contribution in [1.82, 2.24) is 29.2 Å². The Kier molecular flexibility index (Phi) is 9.10. The highest BCUT2D eigenvalue weighted by Crippen LogP contribution is 2.31. The van der Waals surface area contributed by atoms with Crippen molar-refractivity contribution in [3.8, 4) is 5.88 Å². The average molecular weight is 673 g/mol. The molecule has 0 saturated carbocycles. The zero-order valence-corrected chi connectivity index (χ0v) is 28.4. The number of aryl methyl sites for hydroxylation is 1. The monoisotopic (exact) mass is 672 g/mol. The predicted octanol–water partition coefficient (Wildman–Crippen LogP) is 6.96. The van der Waals surface area contributed by atoms with Gasteiger partial charge in [0.2, 0.25) is 5.88 Å². The molecule has 5 aromatic rings. The van der Waals surface area contributed by atoms with E-state index in [1.54, 1.807) is 25.2 Å². The molecule has 0 N–H and O–H groups in total. The Balaban J connectivity index is 0.999. The van der Waals surface area contributed by atoms with Crippen LogP contribution in [-0.4, -0.2) is 66.6 Å². The summed E-state index contributed by atoms with van der Waals surface area (Å²) < 4.78 is 47.8. The normalized spacial score (nSPS) is 17.6. The molecule has 5 heterocycles. The number of nitrogens with zero attached hydrogens (tertiary/aromatic N) is 6. The number of pyridine rings is 1. The molecule has 1 atom stereocenters. The SMILES string of the molecule is Cn1nc(C(F)F)c2ccc(COc3cccc(C4CCN(Cc5nc6ccc(C(=O)OC(C)(C)C)cc6n5C[C@@H]5CCO5)CC4)n3)cc21. The van der Waals surface area contributed by atoms with Crippen LogP contribution in [0, 0.1) is 0 Å². The van der Waals surface area contributed by atoms with Gasteiger partial charge in [-0.05, 0) is 89.0 Å². The summed E-state index contributed by atoms with van der Waals surface area (Å²) in [4.78, 5) is 25.1. The molecule has 2 aliphatic heterocycles. The maximum absolute atomic E-state index is 13.3. The summed E-state index contributed by atoms with van der Waals surface area (Å²) >= 11 is 0. The van der Waals surface area contributed by atoms with E-state index in [1.165, 1.54) is 4.68 Å². The van der Waals surface area contributed by atoms with E-state index in [2.05, 4.69) is 20.6 Å². The number of ether oxygens (including phenoxy) is 3. The first-order chi connectivity index (χ1) is 23.5. The number of imidazole rings is 1. The molecular weight excluding hydrogens is 630 g/mol. The minimum atomic E-state index is -2.62. The van der Waals surface area contributed by atoms with Crippen molar-refractivity contribution in [2.75, 3.05) is 19.7 Å². The van der Waals surface area contributed by atoms with Gasteiger partial charge in [0.15, 0.2) is 0 Å². The summed E-state index contributed by atoms with van der Waals surface area (Å²) in [6, 6.07) is 16.8. The van der Waals surface area contributed by atoms with Crippen LogP contribution in [0.25, 0.3) is 21.9 Å². The first-order valence-electron chi connectivity index (χ1n) is 16.9. The zero-order valence-electron chi connectivity index (χ0n) is 28.4. The van der Waals surface area contributed by atoms with Gasteiger partial charge < -0.3 is 18.8 Å². The fourth-order valence-electron chi connectivity index (χ4n) is 6.66. The number of aromatic nitrogens is 5. The molecule has 0 spiro atoms. The number of carbonyl (C=O) groups excluding carboxylic acids is 1. The van der Waals surface area contributed by atoms with E-state index in [4.69, 9.17) is 24.2 Å². The average Bonchev–Trinajstić information content (AvgIpc) is 3.57. The second-order valence-corrected chi connectivity index (χ2v) is 14.0. The zero-order chi connectivity index (χ0) is 34.3. The third-order valence-corrected chi connectivity index (χ3v) is 9.30. The third-order valence-electron chi connectivity index (χ3n) is 9.30. The van der Waals surface area contributed by atoms with E-state index in [1.807, 2.05) is 51.1 Å². The van der Waals surface area contributed by atoms with Gasteiger partial charge in [0.25, 0.3) is 6.43 Å². The Bertz CT molecular complexity index is 1970. The number of piperidine rings is 1. The van der Waals surface area contributed by atoms with Crippen LogP contribution < -0.4 is 4.74 Å². The first kappa shape index (κ1) is 33.1. The fourth-order valence-corrected chi connectivity index (χ4v) is 6.66. The minimum absolute atomic E-state index is 0.143. The van der Waals surface area contributed by atoms with E-state index < -0.39 is 12.0 Å². The molecule has 2 fully saturated rings. The van der Waals surface area contributed by atoms with Crippen LogP contribution in [0.4, 0.5) is 8.78 Å². The number of hydrogen-bond donors (Lipinski definition) is 0. The van der Waals surface area contributed by atoms with E-state index in [0.29, 0.717) is 41.4 Å². The Morgan fingerprint density at radius 1 is 1.02 bits per heavy atom. The van der Waals surface area contributed by atoms with Crippen molar-refractivity contribution >= 4 is 27.9 Å². The largest absolute Gasteiger partial charge is 0.473 e. The number of rotatable bonds is 10. The summed E-state index contributed by atoms with van der Waals surface area (Å²) in [6.45, 7) is 9.84. The standard InChI is InChI=1S/C37H42F2N6O4/c1-37(2,3)49-36(46)25-9-11-29-31(19-25)45(20-26-14-17-47-26)32(40-29)21-44-15-12-24(13-16-44)28-6-5-7-33(41-28)48-22-23-8-10-27-30(18-23)43(4)42-34(27)35(38)39/h5-11,18-19,24,26,35H,12-17,20-22H2,1-4H3/t26-/m0/s1. The summed E-state index contributed by atoms with van der Waals surface area (Å²) in [5.41, 5.74) is 4.01. The second-order valence-electron chi connectivity index (χ2n) is 14.0. The highest BCUT2D eigenvalue weighted by atomic mass is 19.3. The van der Waals surface area contributed by atoms with E-state index in [0.717, 1.165) is 67.1 Å². The lowest BCUT2D eigenvalue weighted by Crippen LogP contribution is -2.35. The number of carbonyl (C=O) groups is 1. The van der Waals surface area contributed by atoms with Gasteiger partial charge >= 0.3 is 5.97 Å². The molecule has 12 heteroatoms. The fraction of sp³-hybridized carbons (Fsp3) is 0.459. The number of benzene rings is 2. The Morgan fingerprint density at radius 3 is 2.53 bits per heavy atom. The summed E-state index contributed by atoms with van der Waals surface area (Å²) in [5.74, 6) is 1.46. The van der Waals surface area contributed by atoms with Gasteiger partial charge in [0.05, 0.1) is 41.3 Å². The number of hydrogen-bond acceptors (Lipinski definition) is 8. The van der Waals surface area contributed by atoms with Gasteiger partial charge in [0, 0.05) is 36.7 Å². The highest BCUT2D eigenvalue weighted by molar-refractivity contribution is 5.94. The van der Waals surface area contributed by atoms with Crippen LogP contribution >= 0.6 is 0 Å². The van der Waals surface area contributed by atoms with Crippen LogP contribution in [0.5, 0.6) is 5.88 Å². The van der Waals surface area contributed by atoms with Crippen LogP contribution in [0.3, 0.4) is 0 Å². The lowest BCUT2D eigenvalue weighted by atomic mass is 9.93. The molecule has 0 radical (unpaired) electrons. The number of halogens is 2. The molecule has 0 unspecified atom stereocenters. The lowest BCUT2D eigenvalue weighted by Gasteiger charge is -2.32. The van der Waals surface area contributed by atoms with Gasteiger partial charge in [-0.3, -0.25) is 9.58 Å². The molecule has 2 aliphatic rings. The van der Waals surface area contributed by atoms with Crippen molar-refractivity contribution in [2.24, 2.45) is 7.05 Å². The van der Waals surface area contributed by atoms with Crippen LogP contribution in [0.15, 0.2) is 54.6 Å². The summed E-state index contributed by atoms with van der Waals surface area (Å²) in [5, 5.41) is 4.42. The van der Waals surface area contributed by atoms with Crippen molar-refractivity contribution in [1.29, 1.82) is 0 Å². The molecule has 0 amide bonds. The lowest BCUT2D eigenvalue weighted by molar-refractivity contribution is -0.0592. The molecule has 2 saturated heterocycles. The topological polar surface area (TPSA) is 96.5 Å². The van der Waals surface area contributed by atoms with Crippen LogP contribution in [0.1, 0.15) is 85.5 Å². The molecule has 7 rings (SSSR count). The quantitative estimate of drug-likeness (QED) is 0.147. The minimum Gasteiger partial charge on any atom is -0.473 e. The predicted molar refractivity (Wildman–Crippen MR) is 181 cm³/mol. The maximum atomic E-state index is 13.3. The Hall–Kier alpha value is -4.42. The number of alkyl halides is 2. The van der Waals surface area contributed by atoms with Crippen molar-refractivity contribution in [3.63, 3.8) is 0 Å². The van der Waals surface area contributed by atoms with Gasteiger partial charge in [0.1, 0.15) is 23.7 Å². The molecule has 3 aromatic heterocycles. The number of likely N-dealkylation sites (tertiary alicyclic amines) is 1. The summed E-state index contributed by atoms with van der Waals surface area (Å²) in [7, 11) is 1.67. The molecule has 0 bridgehead atoms. The van der Waals surface area contributed by atoms with E-state index in [9.17, 15) is 13.6 Å². The molecule has 0 aliphatic carbocycles. The smallest absolute Gasteiger partial charge is 0.338 e. The molecule has 10 nitrogen and oxygen atoms in total. The van der Waals surface area contributed by atoms with Crippen LogP contribution in [0.2, 0.25) is 0 Å². The first-order valence-corrected chi connectivity index (χ1v) is 16.9. The highest BCUT2D eigenvalue weighted by Gasteiger charge is 2.27. The van der Waals surface area contributed by atoms with Gasteiger partial charge in [-0.1, -0.05) is 18.2 Å². The third kappa shape index (κ3) is 7.30. The van der Waals surface area contributed by atoms with Gasteiger partial charge in [-0.2, -0.15) is 5.10 Å². The molecule has 258 valence electrons. The van der Waals surface area contributed by atoms with E-state index >= 15 is 0 Å². The van der Waals surface area contributed by atoms with Gasteiger partial charge in [-0.25, -0.2) is 23.5 Å². The number of esters is 1. The maximum Gasteiger partial charge on any atom is 0.338 e. The molecule has 2 aromatic carbocycles. The second kappa shape index (κ2) is 13.5. The van der Waals surface area contributed by atoms with Crippen molar-refractivity contribution in [2.45, 2.75) is 83.8 Å². The Morgan fingerprint density at radius 2 is 1.82 bits per heavy atom. The van der Waals surface area contributed by atoms with E-state index in [-0.39, 0.29) is 24.4 Å². The molecule has 49 heavy (non-hydrogen) atoms. The van der Waals surface area contributed by atoms with Crippen molar-refractivity contribution in [3.05, 3.63) is 82.9 Å². The summed E-state index contributed by atoms with van der Waals surface area (Å²) in [6.07, 6.45) is 0.432. The number of fused-ring (bicyclic) bond motifs is 2. The Labute approximate surface area is 284 Å². The van der Waals surface area contributed by atoms with Crippen molar-refractivity contribution < 1.29 is 27.8 Å². The molecular formula is C37H42F2N6O4. The van der Waals surface area contributed by atoms with Gasteiger partial charge in [-0.15, -0.1) is 0 Å².